The molecule has 2 aliphatic rings. The van der Waals surface area contributed by atoms with Gasteiger partial charge < -0.3 is 15.5 Å². The van der Waals surface area contributed by atoms with Crippen LogP contribution < -0.4 is 10.6 Å². The van der Waals surface area contributed by atoms with Gasteiger partial charge in [0.1, 0.15) is 12.1 Å². The Kier molecular flexibility index (Phi) is 5.16. The van der Waals surface area contributed by atoms with Crippen LogP contribution in [0.15, 0.2) is 24.3 Å². The smallest absolute Gasteiger partial charge is 0.325 e. The number of rotatable bonds is 6. The molecule has 1 atom stereocenters. The van der Waals surface area contributed by atoms with E-state index in [1.54, 1.807) is 13.8 Å². The van der Waals surface area contributed by atoms with Gasteiger partial charge in [0.05, 0.1) is 6.54 Å². The molecule has 2 N–H and O–H groups in total. The fraction of sp³-hybridized carbons (Fsp3) is 0.474. The van der Waals surface area contributed by atoms with Crippen molar-refractivity contribution in [1.82, 2.24) is 20.4 Å². The van der Waals surface area contributed by atoms with Gasteiger partial charge in [0.25, 0.3) is 5.91 Å². The van der Waals surface area contributed by atoms with Crippen molar-refractivity contribution in [2.24, 2.45) is 0 Å². The van der Waals surface area contributed by atoms with E-state index in [1.807, 2.05) is 24.3 Å². The van der Waals surface area contributed by atoms with Crippen LogP contribution >= 0.6 is 0 Å². The lowest BCUT2D eigenvalue weighted by molar-refractivity contribution is -0.140. The van der Waals surface area contributed by atoms with Crippen molar-refractivity contribution in [3.05, 3.63) is 35.4 Å². The second kappa shape index (κ2) is 7.38. The first-order valence-electron chi connectivity index (χ1n) is 9.20. The molecule has 1 aromatic carbocycles. The second-order valence-electron chi connectivity index (χ2n) is 6.75. The molecule has 5 amide bonds. The lowest BCUT2D eigenvalue weighted by atomic mass is 9.92. The van der Waals surface area contributed by atoms with E-state index in [-0.39, 0.29) is 19.0 Å². The Hall–Kier alpha value is -2.90. The number of hydrogen-bond acceptors (Lipinski definition) is 4. The van der Waals surface area contributed by atoms with Crippen LogP contribution in [0.1, 0.15) is 31.4 Å². The molecule has 0 bridgehead atoms. The fourth-order valence-corrected chi connectivity index (χ4v) is 3.77. The summed E-state index contributed by atoms with van der Waals surface area (Å²) in [5.41, 5.74) is 0.753. The zero-order valence-corrected chi connectivity index (χ0v) is 15.6. The number of likely N-dealkylation sites (N-methyl/N-ethyl adjacent to an activating group) is 2. The van der Waals surface area contributed by atoms with Gasteiger partial charge in [-0.2, -0.15) is 0 Å². The van der Waals surface area contributed by atoms with Gasteiger partial charge in [-0.1, -0.05) is 24.3 Å². The number of urea groups is 1. The van der Waals surface area contributed by atoms with Crippen LogP contribution in [-0.2, 0) is 26.3 Å². The van der Waals surface area contributed by atoms with Gasteiger partial charge in [0, 0.05) is 13.1 Å². The van der Waals surface area contributed by atoms with Crippen molar-refractivity contribution in [3.63, 3.8) is 0 Å². The lowest BCUT2D eigenvalue weighted by Crippen LogP contribution is -2.47. The van der Waals surface area contributed by atoms with E-state index in [4.69, 9.17) is 0 Å². The zero-order chi connectivity index (χ0) is 19.6. The van der Waals surface area contributed by atoms with E-state index in [9.17, 15) is 19.2 Å². The first-order chi connectivity index (χ1) is 12.9. The first-order valence-corrected chi connectivity index (χ1v) is 9.20. The molecular weight excluding hydrogens is 348 g/mol. The summed E-state index contributed by atoms with van der Waals surface area (Å²) in [7, 11) is 0. The molecule has 1 saturated heterocycles. The molecule has 0 unspecified atom stereocenters. The third-order valence-electron chi connectivity index (χ3n) is 5.16. The number of aryl methyl sites for hydroxylation is 1. The van der Waals surface area contributed by atoms with Gasteiger partial charge in [-0.05, 0) is 37.8 Å². The standard InChI is InChI=1S/C19H24N4O4/c1-3-20-15(24)11-22(4-2)16(25)12-23-17(26)19(21-18(23)27)10-9-13-7-5-6-8-14(13)19/h5-8H,3-4,9-12H2,1-2H3,(H,20,24)(H,21,27)/t19-/m1/s1. The number of fused-ring (bicyclic) bond motifs is 2. The SMILES string of the molecule is CCNC(=O)CN(CC)C(=O)CN1C(=O)N[C@@]2(CCc3ccccc32)C1=O. The average Bonchev–Trinajstić information content (AvgIpc) is 3.13. The molecule has 1 heterocycles. The Morgan fingerprint density at radius 1 is 1.26 bits per heavy atom. The summed E-state index contributed by atoms with van der Waals surface area (Å²) in [4.78, 5) is 52.2. The Morgan fingerprint density at radius 3 is 2.70 bits per heavy atom. The highest BCUT2D eigenvalue weighted by molar-refractivity contribution is 6.10. The van der Waals surface area contributed by atoms with Crippen LogP contribution in [0.2, 0.25) is 0 Å². The maximum Gasteiger partial charge on any atom is 0.325 e. The van der Waals surface area contributed by atoms with Gasteiger partial charge in [-0.25, -0.2) is 4.79 Å². The van der Waals surface area contributed by atoms with Gasteiger partial charge in [-0.3, -0.25) is 19.3 Å². The van der Waals surface area contributed by atoms with Gasteiger partial charge >= 0.3 is 6.03 Å². The van der Waals surface area contributed by atoms with E-state index in [2.05, 4.69) is 10.6 Å². The summed E-state index contributed by atoms with van der Waals surface area (Å²) in [5, 5.41) is 5.43. The van der Waals surface area contributed by atoms with Gasteiger partial charge in [0.2, 0.25) is 11.8 Å². The zero-order valence-electron chi connectivity index (χ0n) is 15.6. The van der Waals surface area contributed by atoms with Crippen molar-refractivity contribution in [2.75, 3.05) is 26.2 Å². The largest absolute Gasteiger partial charge is 0.355 e. The molecule has 1 aliphatic heterocycles. The topological polar surface area (TPSA) is 98.8 Å². The Morgan fingerprint density at radius 2 is 2.00 bits per heavy atom. The number of hydrogen-bond donors (Lipinski definition) is 2. The number of benzene rings is 1. The predicted octanol–water partition coefficient (Wildman–Crippen LogP) is 0.365. The third kappa shape index (κ3) is 3.27. The number of nitrogens with one attached hydrogen (secondary N) is 2. The molecule has 1 fully saturated rings. The molecule has 8 heteroatoms. The van der Waals surface area contributed by atoms with E-state index >= 15 is 0 Å². The normalized spacial score (nSPS) is 20.6. The van der Waals surface area contributed by atoms with E-state index in [1.165, 1.54) is 4.90 Å². The second-order valence-corrected chi connectivity index (χ2v) is 6.75. The molecule has 144 valence electrons. The summed E-state index contributed by atoms with van der Waals surface area (Å²) < 4.78 is 0. The number of imide groups is 1. The highest BCUT2D eigenvalue weighted by atomic mass is 16.2. The maximum atomic E-state index is 13.1. The monoisotopic (exact) mass is 372 g/mol. The Balaban J connectivity index is 1.75. The summed E-state index contributed by atoms with van der Waals surface area (Å²) >= 11 is 0. The molecule has 8 nitrogen and oxygen atoms in total. The van der Waals surface area contributed by atoms with E-state index in [0.717, 1.165) is 16.0 Å². The predicted molar refractivity (Wildman–Crippen MR) is 97.6 cm³/mol. The summed E-state index contributed by atoms with van der Waals surface area (Å²) in [6.07, 6.45) is 1.18. The maximum absolute atomic E-state index is 13.1. The fourth-order valence-electron chi connectivity index (χ4n) is 3.77. The summed E-state index contributed by atoms with van der Waals surface area (Å²) in [6, 6.07) is 6.96. The summed E-state index contributed by atoms with van der Waals surface area (Å²) in [6.45, 7) is 3.86. The van der Waals surface area contributed by atoms with Crippen LogP contribution in [0.4, 0.5) is 4.79 Å². The van der Waals surface area contributed by atoms with Crippen LogP contribution in [0.3, 0.4) is 0 Å². The number of carbonyl (C=O) groups excluding carboxylic acids is 4. The molecule has 0 radical (unpaired) electrons. The van der Waals surface area contributed by atoms with Crippen LogP contribution in [0.25, 0.3) is 0 Å². The van der Waals surface area contributed by atoms with E-state index in [0.29, 0.717) is 25.9 Å². The van der Waals surface area contributed by atoms with Gasteiger partial charge in [-0.15, -0.1) is 0 Å². The summed E-state index contributed by atoms with van der Waals surface area (Å²) in [5.74, 6) is -1.11. The van der Waals surface area contributed by atoms with Crippen molar-refractivity contribution in [3.8, 4) is 0 Å². The number of amides is 5. The van der Waals surface area contributed by atoms with E-state index < -0.39 is 23.4 Å². The van der Waals surface area contributed by atoms with Crippen molar-refractivity contribution < 1.29 is 19.2 Å². The first kappa shape index (κ1) is 18.9. The Labute approximate surface area is 157 Å². The quantitative estimate of drug-likeness (QED) is 0.705. The van der Waals surface area contributed by atoms with Crippen LogP contribution in [-0.4, -0.2) is 59.7 Å². The highest BCUT2D eigenvalue weighted by Gasteiger charge is 2.55. The number of nitrogens with zero attached hydrogens (tertiary/aromatic N) is 2. The van der Waals surface area contributed by atoms with Crippen molar-refractivity contribution in [1.29, 1.82) is 0 Å². The van der Waals surface area contributed by atoms with Crippen LogP contribution in [0, 0.1) is 0 Å². The molecule has 3 rings (SSSR count). The molecule has 0 saturated carbocycles. The average molecular weight is 372 g/mol. The Bertz CT molecular complexity index is 794. The minimum absolute atomic E-state index is 0.0964. The van der Waals surface area contributed by atoms with Crippen molar-refractivity contribution >= 4 is 23.8 Å². The molecular formula is C19H24N4O4. The number of carbonyl (C=O) groups is 4. The molecule has 0 aromatic heterocycles. The molecule has 1 spiro atoms. The van der Waals surface area contributed by atoms with Crippen molar-refractivity contribution in [2.45, 2.75) is 32.2 Å². The van der Waals surface area contributed by atoms with Crippen LogP contribution in [0.5, 0.6) is 0 Å². The third-order valence-corrected chi connectivity index (χ3v) is 5.16. The highest BCUT2D eigenvalue weighted by Crippen LogP contribution is 2.41. The minimum atomic E-state index is -1.08. The molecule has 1 aromatic rings. The lowest BCUT2D eigenvalue weighted by Gasteiger charge is -2.24. The molecule has 1 aliphatic carbocycles. The minimum Gasteiger partial charge on any atom is -0.355 e. The molecule has 27 heavy (non-hydrogen) atoms. The van der Waals surface area contributed by atoms with Gasteiger partial charge in [0.15, 0.2) is 0 Å².